The van der Waals surface area contributed by atoms with Crippen molar-refractivity contribution in [2.75, 3.05) is 9.80 Å². The van der Waals surface area contributed by atoms with E-state index in [1.807, 2.05) is 11.3 Å². The van der Waals surface area contributed by atoms with Crippen LogP contribution in [0, 0.1) is 0 Å². The standard InChI is InChI=1S/C61H40N2S/c1-3-20-41(21-4-1)44-24-7-8-25-45(44)48-27-10-15-33-55(48)63(58-36-19-29-50-49-28-11-18-37-59(49)64-60(50)58)43-38-39-47-46-26-9-12-30-51(46)61(54(47)40-43)52-31-13-16-34-56(52)62(42-22-5-2-6-23-42)57-35-17-14-32-53(57)61/h1-40H. The summed E-state index contributed by atoms with van der Waals surface area (Å²) < 4.78 is 2.55. The first-order valence-electron chi connectivity index (χ1n) is 22.0. The second-order valence-electron chi connectivity index (χ2n) is 16.7. The topological polar surface area (TPSA) is 6.48 Å². The molecular formula is C61H40N2S. The molecule has 1 spiro atoms. The molecule has 0 saturated carbocycles. The molecule has 0 N–H and O–H groups in total. The Balaban J connectivity index is 1.12. The molecule has 300 valence electrons. The summed E-state index contributed by atoms with van der Waals surface area (Å²) in [4.78, 5) is 5.00. The van der Waals surface area contributed by atoms with Crippen molar-refractivity contribution in [3.8, 4) is 33.4 Å². The number of hydrogen-bond acceptors (Lipinski definition) is 3. The monoisotopic (exact) mass is 832 g/mol. The van der Waals surface area contributed by atoms with Gasteiger partial charge in [-0.3, -0.25) is 0 Å². The maximum absolute atomic E-state index is 2.54. The minimum absolute atomic E-state index is 0.588. The first-order valence-corrected chi connectivity index (χ1v) is 22.8. The van der Waals surface area contributed by atoms with E-state index in [1.54, 1.807) is 0 Å². The van der Waals surface area contributed by atoms with Crippen LogP contribution in [-0.2, 0) is 5.41 Å². The van der Waals surface area contributed by atoms with Gasteiger partial charge in [0.05, 0.1) is 32.9 Å². The van der Waals surface area contributed by atoms with E-state index in [9.17, 15) is 0 Å². The molecule has 0 fully saturated rings. The molecule has 0 unspecified atom stereocenters. The molecule has 13 rings (SSSR count). The van der Waals surface area contributed by atoms with Crippen molar-refractivity contribution in [2.45, 2.75) is 5.41 Å². The number of rotatable bonds is 6. The molecule has 1 aromatic heterocycles. The number of benzene rings is 10. The number of anilines is 6. The summed E-state index contributed by atoms with van der Waals surface area (Å²) in [6, 6.07) is 89.6. The van der Waals surface area contributed by atoms with Crippen LogP contribution in [0.1, 0.15) is 22.3 Å². The fourth-order valence-electron chi connectivity index (χ4n) is 10.9. The van der Waals surface area contributed by atoms with E-state index < -0.39 is 5.41 Å². The second-order valence-corrected chi connectivity index (χ2v) is 17.8. The van der Waals surface area contributed by atoms with Crippen molar-refractivity contribution in [1.29, 1.82) is 0 Å². The van der Waals surface area contributed by atoms with Crippen LogP contribution in [0.15, 0.2) is 243 Å². The van der Waals surface area contributed by atoms with Gasteiger partial charge < -0.3 is 9.80 Å². The highest BCUT2D eigenvalue weighted by atomic mass is 32.1. The lowest BCUT2D eigenvalue weighted by atomic mass is 9.64. The average Bonchev–Trinajstić information content (AvgIpc) is 3.89. The predicted molar refractivity (Wildman–Crippen MR) is 270 cm³/mol. The first-order chi connectivity index (χ1) is 31.8. The van der Waals surface area contributed by atoms with Gasteiger partial charge in [0, 0.05) is 32.4 Å². The Hall–Kier alpha value is -7.98. The highest BCUT2D eigenvalue weighted by Gasteiger charge is 2.52. The number of thiophene rings is 1. The third-order valence-corrected chi connectivity index (χ3v) is 14.7. The zero-order valence-corrected chi connectivity index (χ0v) is 35.7. The maximum Gasteiger partial charge on any atom is 0.0755 e. The lowest BCUT2D eigenvalue weighted by Gasteiger charge is -2.45. The van der Waals surface area contributed by atoms with Gasteiger partial charge in [-0.1, -0.05) is 188 Å². The molecular weight excluding hydrogens is 793 g/mol. The first kappa shape index (κ1) is 36.7. The molecule has 2 aliphatic rings. The number of fused-ring (bicyclic) bond motifs is 12. The zero-order chi connectivity index (χ0) is 42.2. The molecule has 3 heteroatoms. The van der Waals surface area contributed by atoms with Crippen molar-refractivity contribution < 1.29 is 0 Å². The summed E-state index contributed by atoms with van der Waals surface area (Å²) in [6.45, 7) is 0. The summed E-state index contributed by atoms with van der Waals surface area (Å²) in [6.07, 6.45) is 0. The van der Waals surface area contributed by atoms with Crippen LogP contribution in [0.3, 0.4) is 0 Å². The van der Waals surface area contributed by atoms with E-state index in [0.717, 1.165) is 22.7 Å². The van der Waals surface area contributed by atoms with Gasteiger partial charge in [-0.05, 0) is 105 Å². The molecule has 0 radical (unpaired) electrons. The summed E-state index contributed by atoms with van der Waals surface area (Å²) in [5, 5.41) is 2.56. The zero-order valence-electron chi connectivity index (χ0n) is 34.9. The normalized spacial score (nSPS) is 13.1. The molecule has 1 aliphatic heterocycles. The Kier molecular flexibility index (Phi) is 8.34. The van der Waals surface area contributed by atoms with Crippen LogP contribution >= 0.6 is 11.3 Å². The molecule has 0 saturated heterocycles. The molecule has 2 nitrogen and oxygen atoms in total. The van der Waals surface area contributed by atoms with Gasteiger partial charge in [0.25, 0.3) is 0 Å². The van der Waals surface area contributed by atoms with Crippen molar-refractivity contribution >= 4 is 65.6 Å². The second kappa shape index (κ2) is 14.6. The van der Waals surface area contributed by atoms with E-state index in [0.29, 0.717) is 0 Å². The summed E-state index contributed by atoms with van der Waals surface area (Å²) >= 11 is 1.88. The molecule has 0 atom stereocenters. The Morgan fingerprint density at radius 1 is 0.359 bits per heavy atom. The fourth-order valence-corrected chi connectivity index (χ4v) is 12.1. The number of para-hydroxylation sites is 4. The van der Waals surface area contributed by atoms with Crippen LogP contribution in [0.5, 0.6) is 0 Å². The molecule has 1 aliphatic carbocycles. The van der Waals surface area contributed by atoms with Crippen molar-refractivity contribution in [2.24, 2.45) is 0 Å². The lowest BCUT2D eigenvalue weighted by Crippen LogP contribution is -2.36. The lowest BCUT2D eigenvalue weighted by molar-refractivity contribution is 0.752. The van der Waals surface area contributed by atoms with Crippen molar-refractivity contribution in [1.82, 2.24) is 0 Å². The van der Waals surface area contributed by atoms with Crippen molar-refractivity contribution in [3.63, 3.8) is 0 Å². The van der Waals surface area contributed by atoms with Crippen LogP contribution in [0.4, 0.5) is 34.1 Å². The molecule has 2 heterocycles. The van der Waals surface area contributed by atoms with Crippen LogP contribution in [-0.4, -0.2) is 0 Å². The smallest absolute Gasteiger partial charge is 0.0755 e. The van der Waals surface area contributed by atoms with E-state index in [4.69, 9.17) is 0 Å². The quantitative estimate of drug-likeness (QED) is 0.165. The van der Waals surface area contributed by atoms with Gasteiger partial charge in [0.1, 0.15) is 0 Å². The van der Waals surface area contributed by atoms with Gasteiger partial charge >= 0.3 is 0 Å². The Morgan fingerprint density at radius 2 is 0.906 bits per heavy atom. The van der Waals surface area contributed by atoms with Crippen LogP contribution in [0.25, 0.3) is 53.6 Å². The van der Waals surface area contributed by atoms with E-state index in [-0.39, 0.29) is 0 Å². The predicted octanol–water partition coefficient (Wildman–Crippen LogP) is 17.0. The number of hydrogen-bond donors (Lipinski definition) is 0. The summed E-state index contributed by atoms with van der Waals surface area (Å²) in [7, 11) is 0. The molecule has 0 amide bonds. The number of nitrogens with zero attached hydrogens (tertiary/aromatic N) is 2. The van der Waals surface area contributed by atoms with E-state index in [2.05, 4.69) is 252 Å². The largest absolute Gasteiger partial charge is 0.310 e. The minimum atomic E-state index is -0.588. The van der Waals surface area contributed by atoms with Gasteiger partial charge in [-0.15, -0.1) is 11.3 Å². The highest BCUT2D eigenvalue weighted by molar-refractivity contribution is 7.26. The van der Waals surface area contributed by atoms with Gasteiger partial charge in [-0.2, -0.15) is 0 Å². The van der Waals surface area contributed by atoms with Crippen LogP contribution < -0.4 is 9.80 Å². The molecule has 64 heavy (non-hydrogen) atoms. The SMILES string of the molecule is c1ccc(-c2ccccc2-c2ccccc2N(c2ccc3c(c2)C2(c4ccccc4-3)c3ccccc3N(c3ccccc3)c3ccccc32)c2cccc3c2sc2ccccc23)cc1. The minimum Gasteiger partial charge on any atom is -0.310 e. The third-order valence-electron chi connectivity index (χ3n) is 13.5. The Labute approximate surface area is 377 Å². The average molecular weight is 833 g/mol. The molecule has 10 aromatic carbocycles. The third kappa shape index (κ3) is 5.32. The van der Waals surface area contributed by atoms with Gasteiger partial charge in [0.15, 0.2) is 0 Å². The van der Waals surface area contributed by atoms with E-state index >= 15 is 0 Å². The summed E-state index contributed by atoms with van der Waals surface area (Å²) in [5.74, 6) is 0. The molecule has 11 aromatic rings. The van der Waals surface area contributed by atoms with E-state index in [1.165, 1.54) is 87.2 Å². The van der Waals surface area contributed by atoms with Crippen molar-refractivity contribution in [3.05, 3.63) is 265 Å². The summed E-state index contributed by atoms with van der Waals surface area (Å²) in [5.41, 5.74) is 18.8. The highest BCUT2D eigenvalue weighted by Crippen LogP contribution is 2.64. The Morgan fingerprint density at radius 3 is 1.67 bits per heavy atom. The maximum atomic E-state index is 2.54. The van der Waals surface area contributed by atoms with Gasteiger partial charge in [-0.25, -0.2) is 0 Å². The fraction of sp³-hybridized carbons (Fsp3) is 0.0164. The Bertz CT molecular complexity index is 3540. The van der Waals surface area contributed by atoms with Crippen LogP contribution in [0.2, 0.25) is 0 Å². The van der Waals surface area contributed by atoms with Gasteiger partial charge in [0.2, 0.25) is 0 Å². The molecule has 0 bridgehead atoms.